The van der Waals surface area contributed by atoms with Gasteiger partial charge in [-0.25, -0.2) is 4.39 Å². The molecule has 30 heavy (non-hydrogen) atoms. The summed E-state index contributed by atoms with van der Waals surface area (Å²) in [6, 6.07) is 9.97. The van der Waals surface area contributed by atoms with E-state index in [0.29, 0.717) is 23.2 Å². The molecule has 2 aromatic rings. The van der Waals surface area contributed by atoms with Gasteiger partial charge in [-0.2, -0.15) is 0 Å². The van der Waals surface area contributed by atoms with E-state index in [-0.39, 0.29) is 28.2 Å². The van der Waals surface area contributed by atoms with Crippen LogP contribution in [0.15, 0.2) is 42.5 Å². The summed E-state index contributed by atoms with van der Waals surface area (Å²) in [6.45, 7) is 4.71. The van der Waals surface area contributed by atoms with Gasteiger partial charge >= 0.3 is 0 Å². The highest BCUT2D eigenvalue weighted by Crippen LogP contribution is 2.43. The van der Waals surface area contributed by atoms with Crippen LogP contribution >= 0.6 is 35.0 Å². The lowest BCUT2D eigenvalue weighted by Gasteiger charge is -2.29. The highest BCUT2D eigenvalue weighted by atomic mass is 35.5. The van der Waals surface area contributed by atoms with E-state index in [0.717, 1.165) is 12.0 Å². The average molecular weight is 469 g/mol. The number of halogens is 3. The molecule has 3 rings (SSSR count). The van der Waals surface area contributed by atoms with Crippen molar-refractivity contribution < 1.29 is 14.0 Å². The van der Waals surface area contributed by atoms with Crippen LogP contribution in [0.2, 0.25) is 10.0 Å². The fraction of sp³-hybridized carbons (Fsp3) is 0.364. The van der Waals surface area contributed by atoms with Crippen molar-refractivity contribution >= 4 is 46.8 Å². The van der Waals surface area contributed by atoms with Gasteiger partial charge < -0.3 is 10.2 Å². The molecule has 0 saturated carbocycles. The lowest BCUT2D eigenvalue weighted by molar-refractivity contribution is -0.124. The van der Waals surface area contributed by atoms with Crippen LogP contribution in [0.25, 0.3) is 0 Å². The molecule has 1 aliphatic heterocycles. The molecule has 1 saturated heterocycles. The summed E-state index contributed by atoms with van der Waals surface area (Å²) >= 11 is 13.7. The molecule has 2 atom stereocenters. The monoisotopic (exact) mass is 468 g/mol. The molecular weight excluding hydrogens is 446 g/mol. The Morgan fingerprint density at radius 2 is 1.90 bits per heavy atom. The van der Waals surface area contributed by atoms with Crippen molar-refractivity contribution in [3.8, 4) is 0 Å². The molecule has 0 unspecified atom stereocenters. The molecule has 0 aromatic heterocycles. The molecule has 8 heteroatoms. The number of hydrogen-bond acceptors (Lipinski definition) is 3. The Hall–Kier alpha value is -1.76. The highest BCUT2D eigenvalue weighted by molar-refractivity contribution is 7.99. The van der Waals surface area contributed by atoms with E-state index in [9.17, 15) is 14.0 Å². The lowest BCUT2D eigenvalue weighted by atomic mass is 10.1. The molecule has 2 amide bonds. The Labute approximate surface area is 190 Å². The SMILES string of the molecule is CC(C)CCNC(=O)[C@H]1CS[C@H](c2ccc(F)cc2)N1C(=O)c1ccc(Cl)cc1Cl. The summed E-state index contributed by atoms with van der Waals surface area (Å²) in [5, 5.41) is 3.16. The number of carbonyl (C=O) groups is 2. The van der Waals surface area contributed by atoms with Gasteiger partial charge in [-0.05, 0) is 48.2 Å². The second-order valence-electron chi connectivity index (χ2n) is 7.56. The predicted molar refractivity (Wildman–Crippen MR) is 120 cm³/mol. The van der Waals surface area contributed by atoms with Crippen molar-refractivity contribution in [2.75, 3.05) is 12.3 Å². The Balaban J connectivity index is 1.91. The molecule has 0 bridgehead atoms. The topological polar surface area (TPSA) is 49.4 Å². The number of amides is 2. The standard InChI is InChI=1S/C22H23Cl2FN2O2S/c1-13(2)9-10-26-20(28)19-12-30-22(14-3-6-16(25)7-4-14)27(19)21(29)17-8-5-15(23)11-18(17)24/h3-8,11,13,19,22H,9-10,12H2,1-2H3,(H,26,28)/t19-,22-/m1/s1. The van der Waals surface area contributed by atoms with E-state index in [1.807, 2.05) is 0 Å². The summed E-state index contributed by atoms with van der Waals surface area (Å²) in [7, 11) is 0. The van der Waals surface area contributed by atoms with Gasteiger partial charge in [-0.3, -0.25) is 9.59 Å². The van der Waals surface area contributed by atoms with Gasteiger partial charge in [0.2, 0.25) is 5.91 Å². The molecule has 0 radical (unpaired) electrons. The molecule has 160 valence electrons. The van der Waals surface area contributed by atoms with Crippen molar-refractivity contribution in [2.24, 2.45) is 5.92 Å². The summed E-state index contributed by atoms with van der Waals surface area (Å²) < 4.78 is 13.4. The Morgan fingerprint density at radius 1 is 1.20 bits per heavy atom. The van der Waals surface area contributed by atoms with Crippen molar-refractivity contribution in [1.82, 2.24) is 10.2 Å². The van der Waals surface area contributed by atoms with Crippen LogP contribution in [0, 0.1) is 11.7 Å². The van der Waals surface area contributed by atoms with Gasteiger partial charge in [0.05, 0.1) is 10.6 Å². The van der Waals surface area contributed by atoms with E-state index in [4.69, 9.17) is 23.2 Å². The maximum absolute atomic E-state index is 13.5. The molecule has 1 heterocycles. The van der Waals surface area contributed by atoms with Gasteiger partial charge in [0, 0.05) is 17.3 Å². The molecule has 2 aromatic carbocycles. The third-order valence-electron chi connectivity index (χ3n) is 4.88. The molecular formula is C22H23Cl2FN2O2S. The van der Waals surface area contributed by atoms with Crippen molar-refractivity contribution in [3.05, 3.63) is 69.5 Å². The zero-order valence-corrected chi connectivity index (χ0v) is 19.0. The van der Waals surface area contributed by atoms with E-state index < -0.39 is 11.4 Å². The largest absolute Gasteiger partial charge is 0.354 e. The van der Waals surface area contributed by atoms with Gasteiger partial charge in [0.25, 0.3) is 5.91 Å². The zero-order chi connectivity index (χ0) is 21.8. The van der Waals surface area contributed by atoms with Gasteiger partial charge in [0.15, 0.2) is 0 Å². The second-order valence-corrected chi connectivity index (χ2v) is 9.52. The van der Waals surface area contributed by atoms with Crippen molar-refractivity contribution in [1.29, 1.82) is 0 Å². The van der Waals surface area contributed by atoms with Crippen LogP contribution < -0.4 is 5.32 Å². The molecule has 0 aliphatic carbocycles. The van der Waals surface area contributed by atoms with E-state index in [1.54, 1.807) is 24.3 Å². The smallest absolute Gasteiger partial charge is 0.257 e. The molecule has 1 N–H and O–H groups in total. The van der Waals surface area contributed by atoms with E-state index in [1.165, 1.54) is 34.9 Å². The van der Waals surface area contributed by atoms with Gasteiger partial charge in [-0.1, -0.05) is 49.2 Å². The minimum atomic E-state index is -0.656. The predicted octanol–water partition coefficient (Wildman–Crippen LogP) is 5.55. The first kappa shape index (κ1) is 22.9. The Bertz CT molecular complexity index is 924. The third kappa shape index (κ3) is 5.29. The van der Waals surface area contributed by atoms with Crippen molar-refractivity contribution in [3.63, 3.8) is 0 Å². The maximum atomic E-state index is 13.5. The molecule has 1 fully saturated rings. The van der Waals surface area contributed by atoms with Crippen LogP contribution in [0.5, 0.6) is 0 Å². The normalized spacial score (nSPS) is 18.7. The van der Waals surface area contributed by atoms with Gasteiger partial charge in [0.1, 0.15) is 17.2 Å². The average Bonchev–Trinajstić information content (AvgIpc) is 3.13. The number of benzene rings is 2. The second kappa shape index (κ2) is 10.0. The number of nitrogens with one attached hydrogen (secondary N) is 1. The number of thioether (sulfide) groups is 1. The number of rotatable bonds is 6. The van der Waals surface area contributed by atoms with Gasteiger partial charge in [-0.15, -0.1) is 11.8 Å². The first-order valence-corrected chi connectivity index (χ1v) is 11.5. The first-order chi connectivity index (χ1) is 14.3. The summed E-state index contributed by atoms with van der Waals surface area (Å²) in [6.07, 6.45) is 0.851. The van der Waals surface area contributed by atoms with Crippen molar-refractivity contribution in [2.45, 2.75) is 31.7 Å². The number of nitrogens with zero attached hydrogens (tertiary/aromatic N) is 1. The van der Waals surface area contributed by atoms with E-state index >= 15 is 0 Å². The fourth-order valence-corrected chi connectivity index (χ4v) is 5.16. The fourth-order valence-electron chi connectivity index (χ4n) is 3.24. The maximum Gasteiger partial charge on any atom is 0.257 e. The van der Waals surface area contributed by atoms with Crippen LogP contribution in [0.1, 0.15) is 41.6 Å². The summed E-state index contributed by atoms with van der Waals surface area (Å²) in [4.78, 5) is 27.9. The summed E-state index contributed by atoms with van der Waals surface area (Å²) in [5.41, 5.74) is 1.02. The third-order valence-corrected chi connectivity index (χ3v) is 6.75. The quantitative estimate of drug-likeness (QED) is 0.604. The highest BCUT2D eigenvalue weighted by Gasteiger charge is 2.43. The minimum absolute atomic E-state index is 0.203. The lowest BCUT2D eigenvalue weighted by Crippen LogP contribution is -2.48. The summed E-state index contributed by atoms with van der Waals surface area (Å²) in [5.74, 6) is -0.0256. The molecule has 4 nitrogen and oxygen atoms in total. The molecule has 1 aliphatic rings. The van der Waals surface area contributed by atoms with Crippen LogP contribution in [-0.2, 0) is 4.79 Å². The molecule has 0 spiro atoms. The van der Waals surface area contributed by atoms with Crippen LogP contribution in [0.4, 0.5) is 4.39 Å². The zero-order valence-electron chi connectivity index (χ0n) is 16.7. The first-order valence-electron chi connectivity index (χ1n) is 9.70. The van der Waals surface area contributed by atoms with Crippen LogP contribution in [0.3, 0.4) is 0 Å². The van der Waals surface area contributed by atoms with Crippen LogP contribution in [-0.4, -0.2) is 35.1 Å². The number of hydrogen-bond donors (Lipinski definition) is 1. The van der Waals surface area contributed by atoms with E-state index in [2.05, 4.69) is 19.2 Å². The Kier molecular flexibility index (Phi) is 7.66. The Morgan fingerprint density at radius 3 is 2.53 bits per heavy atom. The number of carbonyl (C=O) groups excluding carboxylic acids is 2. The minimum Gasteiger partial charge on any atom is -0.354 e.